The second-order valence-electron chi connectivity index (χ2n) is 4.14. The van der Waals surface area contributed by atoms with Crippen LogP contribution in [0.5, 0.6) is 0 Å². The molecule has 0 aromatic carbocycles. The van der Waals surface area contributed by atoms with Crippen LogP contribution < -0.4 is 0 Å². The van der Waals surface area contributed by atoms with Gasteiger partial charge in [-0.15, -0.1) is 0 Å². The predicted octanol–water partition coefficient (Wildman–Crippen LogP) is 0.433. The number of hydrogen-bond acceptors (Lipinski definition) is 4. The van der Waals surface area contributed by atoms with Gasteiger partial charge in [0.25, 0.3) is 0 Å². The second-order valence-corrected chi connectivity index (χ2v) is 4.14. The van der Waals surface area contributed by atoms with E-state index in [4.69, 9.17) is 9.84 Å². The Hall–Kier alpha value is -1.69. The van der Waals surface area contributed by atoms with Gasteiger partial charge in [-0.3, -0.25) is 14.3 Å². The molecule has 0 saturated heterocycles. The highest BCUT2D eigenvalue weighted by Crippen LogP contribution is 2.40. The number of carboxylic acids is 1. The van der Waals surface area contributed by atoms with Crippen LogP contribution in [0.2, 0.25) is 0 Å². The minimum absolute atomic E-state index is 0.124. The Morgan fingerprint density at radius 2 is 2.35 bits per heavy atom. The SMILES string of the molecule is COCCn1cc(C(=O)[C@H]2C[C@@H]2C(=O)O)cn1. The Balaban J connectivity index is 1.96. The van der Waals surface area contributed by atoms with E-state index in [0.717, 1.165) is 0 Å². The minimum Gasteiger partial charge on any atom is -0.481 e. The number of hydrogen-bond donors (Lipinski definition) is 1. The fourth-order valence-electron chi connectivity index (χ4n) is 1.77. The molecule has 1 N–H and O–H groups in total. The van der Waals surface area contributed by atoms with E-state index in [1.807, 2.05) is 0 Å². The third kappa shape index (κ3) is 2.52. The van der Waals surface area contributed by atoms with Crippen LogP contribution >= 0.6 is 0 Å². The van der Waals surface area contributed by atoms with Crippen LogP contribution in [0, 0.1) is 11.8 Å². The zero-order chi connectivity index (χ0) is 12.4. The normalized spacial score (nSPS) is 22.4. The molecule has 17 heavy (non-hydrogen) atoms. The van der Waals surface area contributed by atoms with Gasteiger partial charge in [-0.2, -0.15) is 5.10 Å². The molecular weight excluding hydrogens is 224 g/mol. The standard InChI is InChI=1S/C11H14N2O4/c1-17-3-2-13-6-7(5-12-13)10(14)8-4-9(8)11(15)16/h5-6,8-9H,2-4H2,1H3,(H,15,16)/t8-,9-/m0/s1. The van der Waals surface area contributed by atoms with Gasteiger partial charge in [0.15, 0.2) is 5.78 Å². The number of aliphatic carboxylic acids is 1. The van der Waals surface area contributed by atoms with Crippen molar-refractivity contribution in [3.05, 3.63) is 18.0 Å². The van der Waals surface area contributed by atoms with Crippen molar-refractivity contribution in [3.63, 3.8) is 0 Å². The first-order valence-corrected chi connectivity index (χ1v) is 5.42. The van der Waals surface area contributed by atoms with Crippen molar-refractivity contribution >= 4 is 11.8 Å². The van der Waals surface area contributed by atoms with E-state index >= 15 is 0 Å². The quantitative estimate of drug-likeness (QED) is 0.727. The molecule has 1 aliphatic rings. The van der Waals surface area contributed by atoms with E-state index in [2.05, 4.69) is 5.10 Å². The average Bonchev–Trinajstić information content (AvgIpc) is 2.98. The summed E-state index contributed by atoms with van der Waals surface area (Å²) >= 11 is 0. The summed E-state index contributed by atoms with van der Waals surface area (Å²) in [6.07, 6.45) is 3.56. The first-order valence-electron chi connectivity index (χ1n) is 5.42. The second kappa shape index (κ2) is 4.67. The molecule has 1 aliphatic carbocycles. The van der Waals surface area contributed by atoms with Crippen LogP contribution in [-0.2, 0) is 16.1 Å². The van der Waals surface area contributed by atoms with Crippen molar-refractivity contribution in [3.8, 4) is 0 Å². The van der Waals surface area contributed by atoms with E-state index in [0.29, 0.717) is 25.1 Å². The number of carbonyl (C=O) groups excluding carboxylic acids is 1. The Kier molecular flexibility index (Phi) is 3.23. The molecule has 0 radical (unpaired) electrons. The molecule has 0 bridgehead atoms. The van der Waals surface area contributed by atoms with Crippen molar-refractivity contribution in [1.82, 2.24) is 9.78 Å². The van der Waals surface area contributed by atoms with Crippen molar-refractivity contribution in [1.29, 1.82) is 0 Å². The molecule has 1 fully saturated rings. The highest BCUT2D eigenvalue weighted by molar-refractivity contribution is 6.02. The molecule has 1 heterocycles. The molecule has 0 amide bonds. The van der Waals surface area contributed by atoms with Gasteiger partial charge in [-0.1, -0.05) is 0 Å². The van der Waals surface area contributed by atoms with Crippen molar-refractivity contribution in [2.45, 2.75) is 13.0 Å². The van der Waals surface area contributed by atoms with Gasteiger partial charge in [0.1, 0.15) is 0 Å². The van der Waals surface area contributed by atoms with Crippen molar-refractivity contribution < 1.29 is 19.4 Å². The van der Waals surface area contributed by atoms with E-state index in [1.54, 1.807) is 18.0 Å². The number of ketones is 1. The smallest absolute Gasteiger partial charge is 0.307 e. The molecule has 0 unspecified atom stereocenters. The van der Waals surface area contributed by atoms with E-state index in [-0.39, 0.29) is 11.7 Å². The summed E-state index contributed by atoms with van der Waals surface area (Å²) in [5.41, 5.74) is 0.481. The Bertz CT molecular complexity index is 440. The summed E-state index contributed by atoms with van der Waals surface area (Å²) in [7, 11) is 1.59. The van der Waals surface area contributed by atoms with Gasteiger partial charge in [0, 0.05) is 19.2 Å². The highest BCUT2D eigenvalue weighted by atomic mass is 16.5. The van der Waals surface area contributed by atoms with Crippen LogP contribution in [0.3, 0.4) is 0 Å². The topological polar surface area (TPSA) is 81.4 Å². The summed E-state index contributed by atoms with van der Waals surface area (Å²) in [6, 6.07) is 0. The third-order valence-electron chi connectivity index (χ3n) is 2.89. The van der Waals surface area contributed by atoms with Gasteiger partial charge < -0.3 is 9.84 Å². The number of ether oxygens (including phenoxy) is 1. The van der Waals surface area contributed by atoms with Crippen LogP contribution in [-0.4, -0.2) is 40.4 Å². The molecule has 0 spiro atoms. The number of nitrogens with zero attached hydrogens (tertiary/aromatic N) is 2. The zero-order valence-corrected chi connectivity index (χ0v) is 9.50. The van der Waals surface area contributed by atoms with Crippen molar-refractivity contribution in [2.24, 2.45) is 11.8 Å². The molecule has 1 saturated carbocycles. The Morgan fingerprint density at radius 3 is 2.94 bits per heavy atom. The maximum Gasteiger partial charge on any atom is 0.307 e. The number of carboxylic acid groups (broad SMARTS) is 1. The summed E-state index contributed by atoms with van der Waals surface area (Å²) in [5.74, 6) is -1.89. The molecule has 1 aromatic rings. The van der Waals surface area contributed by atoms with E-state index in [1.165, 1.54) is 6.20 Å². The molecule has 0 aliphatic heterocycles. The number of aromatic nitrogens is 2. The lowest BCUT2D eigenvalue weighted by Gasteiger charge is -1.98. The largest absolute Gasteiger partial charge is 0.481 e. The summed E-state index contributed by atoms with van der Waals surface area (Å²) in [5, 5.41) is 12.8. The zero-order valence-electron chi connectivity index (χ0n) is 9.50. The van der Waals surface area contributed by atoms with Crippen molar-refractivity contribution in [2.75, 3.05) is 13.7 Å². The van der Waals surface area contributed by atoms with Gasteiger partial charge in [0.05, 0.1) is 30.8 Å². The fraction of sp³-hybridized carbons (Fsp3) is 0.545. The number of carbonyl (C=O) groups is 2. The maximum atomic E-state index is 11.9. The lowest BCUT2D eigenvalue weighted by Crippen LogP contribution is -2.08. The highest BCUT2D eigenvalue weighted by Gasteiger charge is 2.48. The lowest BCUT2D eigenvalue weighted by atomic mass is 10.1. The molecule has 1 aromatic heterocycles. The molecule has 6 nitrogen and oxygen atoms in total. The maximum absolute atomic E-state index is 11.9. The Labute approximate surface area is 98.2 Å². The Morgan fingerprint density at radius 1 is 1.59 bits per heavy atom. The van der Waals surface area contributed by atoms with Gasteiger partial charge in [-0.25, -0.2) is 0 Å². The van der Waals surface area contributed by atoms with Crippen LogP contribution in [0.4, 0.5) is 0 Å². The van der Waals surface area contributed by atoms with Gasteiger partial charge in [-0.05, 0) is 6.42 Å². The predicted molar refractivity (Wildman–Crippen MR) is 57.7 cm³/mol. The summed E-state index contributed by atoms with van der Waals surface area (Å²) in [4.78, 5) is 22.5. The summed E-state index contributed by atoms with van der Waals surface area (Å²) < 4.78 is 6.52. The molecular formula is C11H14N2O4. The first-order chi connectivity index (χ1) is 8.13. The molecule has 6 heteroatoms. The molecule has 2 atom stereocenters. The summed E-state index contributed by atoms with van der Waals surface area (Å²) in [6.45, 7) is 1.10. The molecule has 2 rings (SSSR count). The van der Waals surface area contributed by atoms with Gasteiger partial charge in [0.2, 0.25) is 0 Å². The first kappa shape index (κ1) is 11.8. The van der Waals surface area contributed by atoms with Crippen LogP contribution in [0.1, 0.15) is 16.8 Å². The monoisotopic (exact) mass is 238 g/mol. The minimum atomic E-state index is -0.893. The van der Waals surface area contributed by atoms with E-state index in [9.17, 15) is 9.59 Å². The number of rotatable bonds is 6. The lowest BCUT2D eigenvalue weighted by molar-refractivity contribution is -0.138. The molecule has 92 valence electrons. The number of methoxy groups -OCH3 is 1. The van der Waals surface area contributed by atoms with Crippen LogP contribution in [0.15, 0.2) is 12.4 Å². The third-order valence-corrected chi connectivity index (χ3v) is 2.89. The fourth-order valence-corrected chi connectivity index (χ4v) is 1.77. The van der Waals surface area contributed by atoms with Gasteiger partial charge >= 0.3 is 5.97 Å². The number of Topliss-reactive ketones (excluding diaryl/α,β-unsaturated/α-hetero) is 1. The van der Waals surface area contributed by atoms with E-state index < -0.39 is 11.9 Å². The van der Waals surface area contributed by atoms with Crippen LogP contribution in [0.25, 0.3) is 0 Å². The average molecular weight is 238 g/mol.